The van der Waals surface area contributed by atoms with Crippen molar-refractivity contribution in [3.8, 4) is 0 Å². The van der Waals surface area contributed by atoms with E-state index in [4.69, 9.17) is 0 Å². The Labute approximate surface area is 101 Å². The van der Waals surface area contributed by atoms with E-state index in [2.05, 4.69) is 19.8 Å². The van der Waals surface area contributed by atoms with E-state index in [0.717, 1.165) is 26.1 Å². The zero-order chi connectivity index (χ0) is 12.1. The number of sulfonamides is 1. The molecule has 0 saturated carbocycles. The van der Waals surface area contributed by atoms with E-state index in [1.807, 2.05) is 0 Å². The summed E-state index contributed by atoms with van der Waals surface area (Å²) in [4.78, 5) is 2.37. The van der Waals surface area contributed by atoms with Crippen molar-refractivity contribution < 1.29 is 8.42 Å². The minimum absolute atomic E-state index is 0.124. The normalized spacial score (nSPS) is 17.6. The monoisotopic (exact) mass is 258 g/mol. The van der Waals surface area contributed by atoms with Crippen molar-refractivity contribution in [2.75, 3.05) is 26.2 Å². The zero-order valence-corrected chi connectivity index (χ0v) is 10.5. The summed E-state index contributed by atoms with van der Waals surface area (Å²) >= 11 is 0. The highest BCUT2D eigenvalue weighted by molar-refractivity contribution is 7.89. The fourth-order valence-electron chi connectivity index (χ4n) is 1.99. The summed E-state index contributed by atoms with van der Waals surface area (Å²) in [5.74, 6) is 0. The van der Waals surface area contributed by atoms with Gasteiger partial charge in [0.15, 0.2) is 5.03 Å². The fourth-order valence-corrected chi connectivity index (χ4v) is 2.97. The highest BCUT2D eigenvalue weighted by atomic mass is 32.2. The fraction of sp³-hybridized carbons (Fsp3) is 0.700. The van der Waals surface area contributed by atoms with Crippen LogP contribution in [0.2, 0.25) is 0 Å². The van der Waals surface area contributed by atoms with Gasteiger partial charge >= 0.3 is 0 Å². The number of rotatable bonds is 6. The lowest BCUT2D eigenvalue weighted by Crippen LogP contribution is -2.29. The van der Waals surface area contributed by atoms with Crippen molar-refractivity contribution >= 4 is 10.0 Å². The first-order valence-corrected chi connectivity index (χ1v) is 7.38. The summed E-state index contributed by atoms with van der Waals surface area (Å²) in [5, 5.41) is 6.20. The van der Waals surface area contributed by atoms with Crippen LogP contribution in [0.4, 0.5) is 0 Å². The summed E-state index contributed by atoms with van der Waals surface area (Å²) in [6, 6.07) is 1.45. The van der Waals surface area contributed by atoms with E-state index >= 15 is 0 Å². The zero-order valence-electron chi connectivity index (χ0n) is 9.72. The number of nitrogens with one attached hydrogen (secondary N) is 2. The standard InChI is InChI=1S/C10H18N4O2S/c15-17(16,10-4-6-11-13-10)12-5-3-9-14-7-1-2-8-14/h4,6,12H,1-3,5,7-9H2,(H,11,13). The number of likely N-dealkylation sites (tertiary alicyclic amines) is 1. The van der Waals surface area contributed by atoms with Gasteiger partial charge in [-0.15, -0.1) is 0 Å². The van der Waals surface area contributed by atoms with E-state index in [1.165, 1.54) is 25.1 Å². The molecule has 0 spiro atoms. The molecule has 0 atom stereocenters. The maximum atomic E-state index is 11.7. The lowest BCUT2D eigenvalue weighted by atomic mass is 10.4. The second kappa shape index (κ2) is 5.61. The third-order valence-electron chi connectivity index (χ3n) is 2.91. The van der Waals surface area contributed by atoms with E-state index in [9.17, 15) is 8.42 Å². The van der Waals surface area contributed by atoms with Crippen LogP contribution in [0, 0.1) is 0 Å². The molecule has 1 saturated heterocycles. The van der Waals surface area contributed by atoms with Crippen molar-refractivity contribution in [2.24, 2.45) is 0 Å². The predicted octanol–water partition coefficient (Wildman–Crippen LogP) is 0.174. The average molecular weight is 258 g/mol. The van der Waals surface area contributed by atoms with E-state index in [1.54, 1.807) is 0 Å². The first kappa shape index (κ1) is 12.5. The number of H-pyrrole nitrogens is 1. The molecule has 0 aromatic carbocycles. The molecule has 17 heavy (non-hydrogen) atoms. The number of aromatic nitrogens is 2. The van der Waals surface area contributed by atoms with Crippen molar-refractivity contribution in [3.05, 3.63) is 12.3 Å². The minimum atomic E-state index is -3.40. The molecular formula is C10H18N4O2S. The quantitative estimate of drug-likeness (QED) is 0.713. The number of hydrogen-bond donors (Lipinski definition) is 2. The van der Waals surface area contributed by atoms with Gasteiger partial charge in [0.1, 0.15) is 0 Å². The van der Waals surface area contributed by atoms with Crippen LogP contribution < -0.4 is 4.72 Å². The van der Waals surface area contributed by atoms with Crippen molar-refractivity contribution in [2.45, 2.75) is 24.3 Å². The topological polar surface area (TPSA) is 78.1 Å². The second-order valence-electron chi connectivity index (χ2n) is 4.22. The molecule has 1 aromatic rings. The summed E-state index contributed by atoms with van der Waals surface area (Å²) in [5.41, 5.74) is 0. The molecule has 2 N–H and O–H groups in total. The molecule has 0 radical (unpaired) electrons. The van der Waals surface area contributed by atoms with E-state index in [-0.39, 0.29) is 5.03 Å². The van der Waals surface area contributed by atoms with E-state index < -0.39 is 10.0 Å². The van der Waals surface area contributed by atoms with Crippen LogP contribution >= 0.6 is 0 Å². The third kappa shape index (κ3) is 3.52. The van der Waals surface area contributed by atoms with Gasteiger partial charge in [0.05, 0.1) is 6.20 Å². The Morgan fingerprint density at radius 1 is 1.41 bits per heavy atom. The smallest absolute Gasteiger partial charge is 0.257 e. The molecule has 7 heteroatoms. The lowest BCUT2D eigenvalue weighted by Gasteiger charge is -2.14. The number of aromatic amines is 1. The summed E-state index contributed by atoms with van der Waals surface area (Å²) in [7, 11) is -3.40. The lowest BCUT2D eigenvalue weighted by molar-refractivity contribution is 0.334. The Bertz CT molecular complexity index is 423. The van der Waals surface area contributed by atoms with Gasteiger partial charge in [0.25, 0.3) is 10.0 Å². The van der Waals surface area contributed by atoms with Crippen LogP contribution in [0.5, 0.6) is 0 Å². The van der Waals surface area contributed by atoms with Gasteiger partial charge in [-0.25, -0.2) is 13.1 Å². The molecule has 0 amide bonds. The van der Waals surface area contributed by atoms with Crippen LogP contribution in [0.15, 0.2) is 17.3 Å². The summed E-state index contributed by atoms with van der Waals surface area (Å²) in [6.45, 7) is 3.73. The molecule has 1 aromatic heterocycles. The van der Waals surface area contributed by atoms with Crippen LogP contribution in [0.1, 0.15) is 19.3 Å². The van der Waals surface area contributed by atoms with Crippen LogP contribution in [-0.2, 0) is 10.0 Å². The van der Waals surface area contributed by atoms with Crippen molar-refractivity contribution in [1.29, 1.82) is 0 Å². The molecule has 2 rings (SSSR count). The van der Waals surface area contributed by atoms with Crippen LogP contribution in [0.3, 0.4) is 0 Å². The first-order chi connectivity index (χ1) is 8.18. The van der Waals surface area contributed by atoms with Crippen molar-refractivity contribution in [3.63, 3.8) is 0 Å². The third-order valence-corrected chi connectivity index (χ3v) is 4.30. The molecule has 1 aliphatic rings. The molecule has 6 nitrogen and oxygen atoms in total. The Balaban J connectivity index is 1.71. The summed E-state index contributed by atoms with van der Waals surface area (Å²) < 4.78 is 25.9. The first-order valence-electron chi connectivity index (χ1n) is 5.90. The molecular weight excluding hydrogens is 240 g/mol. The van der Waals surface area contributed by atoms with Gasteiger partial charge in [0, 0.05) is 6.54 Å². The highest BCUT2D eigenvalue weighted by Gasteiger charge is 2.15. The largest absolute Gasteiger partial charge is 0.303 e. The van der Waals surface area contributed by atoms with Gasteiger partial charge < -0.3 is 4.90 Å². The molecule has 1 fully saturated rings. The molecule has 96 valence electrons. The predicted molar refractivity (Wildman–Crippen MR) is 64.1 cm³/mol. The molecule has 2 heterocycles. The summed E-state index contributed by atoms with van der Waals surface area (Å²) in [6.07, 6.45) is 4.80. The van der Waals surface area contributed by atoms with E-state index in [0.29, 0.717) is 6.54 Å². The van der Waals surface area contributed by atoms with Crippen molar-refractivity contribution in [1.82, 2.24) is 19.8 Å². The number of nitrogens with zero attached hydrogens (tertiary/aromatic N) is 2. The second-order valence-corrected chi connectivity index (χ2v) is 5.96. The molecule has 0 bridgehead atoms. The van der Waals surface area contributed by atoms with Gasteiger partial charge in [-0.3, -0.25) is 5.10 Å². The Kier molecular flexibility index (Phi) is 4.14. The highest BCUT2D eigenvalue weighted by Crippen LogP contribution is 2.07. The molecule has 1 aliphatic heterocycles. The molecule has 0 unspecified atom stereocenters. The van der Waals surface area contributed by atoms with Gasteiger partial charge in [-0.2, -0.15) is 5.10 Å². The minimum Gasteiger partial charge on any atom is -0.303 e. The maximum Gasteiger partial charge on any atom is 0.257 e. The Morgan fingerprint density at radius 3 is 2.82 bits per heavy atom. The Morgan fingerprint density at radius 2 is 2.18 bits per heavy atom. The Hall–Kier alpha value is -0.920. The van der Waals surface area contributed by atoms with Gasteiger partial charge in [0.2, 0.25) is 0 Å². The van der Waals surface area contributed by atoms with Crippen LogP contribution in [-0.4, -0.2) is 49.7 Å². The van der Waals surface area contributed by atoms with Gasteiger partial charge in [-0.05, 0) is 45.0 Å². The average Bonchev–Trinajstić information content (AvgIpc) is 2.97. The maximum absolute atomic E-state index is 11.7. The van der Waals surface area contributed by atoms with Crippen LogP contribution in [0.25, 0.3) is 0 Å². The number of hydrogen-bond acceptors (Lipinski definition) is 4. The van der Waals surface area contributed by atoms with Gasteiger partial charge in [-0.1, -0.05) is 0 Å². The SMILES string of the molecule is O=S(=O)(NCCCN1CCCC1)c1ccn[nH]1. The molecule has 0 aliphatic carbocycles.